The van der Waals surface area contributed by atoms with Crippen molar-refractivity contribution in [1.29, 1.82) is 0 Å². The average molecular weight is 312 g/mol. The fourth-order valence-electron chi connectivity index (χ4n) is 2.38. The number of hydrogen-bond acceptors (Lipinski definition) is 5. The Hall–Kier alpha value is -1.80. The number of nitrogen functional groups attached to an aromatic ring is 2. The molecule has 0 aliphatic carbocycles. The van der Waals surface area contributed by atoms with Gasteiger partial charge in [-0.25, -0.2) is 12.7 Å². The van der Waals surface area contributed by atoms with Crippen molar-refractivity contribution in [3.05, 3.63) is 23.8 Å². The molecular formula is C13H20N4O3S. The van der Waals surface area contributed by atoms with Crippen molar-refractivity contribution in [2.45, 2.75) is 18.9 Å². The summed E-state index contributed by atoms with van der Waals surface area (Å²) in [6.07, 6.45) is 2.38. The summed E-state index contributed by atoms with van der Waals surface area (Å²) in [6.45, 7) is 0.835. The molecule has 1 aliphatic heterocycles. The molecular weight excluding hydrogens is 292 g/mol. The van der Waals surface area contributed by atoms with Gasteiger partial charge in [0.15, 0.2) is 0 Å². The van der Waals surface area contributed by atoms with Gasteiger partial charge in [-0.15, -0.1) is 0 Å². The Bertz CT molecular complexity index is 637. The quantitative estimate of drug-likeness (QED) is 0.679. The van der Waals surface area contributed by atoms with Crippen LogP contribution in [-0.4, -0.2) is 44.0 Å². The van der Waals surface area contributed by atoms with E-state index in [1.165, 1.54) is 10.6 Å². The molecule has 0 spiro atoms. The van der Waals surface area contributed by atoms with E-state index in [-0.39, 0.29) is 11.9 Å². The first-order valence-corrected chi connectivity index (χ1v) is 8.53. The summed E-state index contributed by atoms with van der Waals surface area (Å²) in [4.78, 5) is 12.2. The minimum Gasteiger partial charge on any atom is -0.399 e. The molecule has 1 aliphatic rings. The monoisotopic (exact) mass is 312 g/mol. The third kappa shape index (κ3) is 3.85. The number of nitrogens with zero attached hydrogens (tertiary/aromatic N) is 1. The van der Waals surface area contributed by atoms with Crippen LogP contribution in [0.2, 0.25) is 0 Å². The molecule has 0 bridgehead atoms. The van der Waals surface area contributed by atoms with E-state index in [0.29, 0.717) is 42.9 Å². The highest BCUT2D eigenvalue weighted by Crippen LogP contribution is 2.18. The molecule has 21 heavy (non-hydrogen) atoms. The summed E-state index contributed by atoms with van der Waals surface area (Å²) >= 11 is 0. The summed E-state index contributed by atoms with van der Waals surface area (Å²) in [5, 5.41) is 2.89. The van der Waals surface area contributed by atoms with Crippen LogP contribution in [0.5, 0.6) is 0 Å². The van der Waals surface area contributed by atoms with Crippen LogP contribution in [0.25, 0.3) is 0 Å². The lowest BCUT2D eigenvalue weighted by atomic mass is 10.1. The molecule has 7 nitrogen and oxygen atoms in total. The van der Waals surface area contributed by atoms with E-state index in [2.05, 4.69) is 5.32 Å². The van der Waals surface area contributed by atoms with Crippen LogP contribution in [0, 0.1) is 0 Å². The molecule has 0 aromatic heterocycles. The molecule has 8 heteroatoms. The summed E-state index contributed by atoms with van der Waals surface area (Å²) in [6, 6.07) is 4.71. The van der Waals surface area contributed by atoms with E-state index in [4.69, 9.17) is 11.5 Å². The number of carbonyl (C=O) groups is 1. The maximum absolute atomic E-state index is 12.2. The van der Waals surface area contributed by atoms with Gasteiger partial charge in [-0.05, 0) is 31.0 Å². The maximum atomic E-state index is 12.2. The molecule has 0 unspecified atom stereocenters. The molecule has 1 aromatic carbocycles. The Kier molecular flexibility index (Phi) is 4.38. The fraction of sp³-hybridized carbons (Fsp3) is 0.462. The van der Waals surface area contributed by atoms with Crippen molar-refractivity contribution in [1.82, 2.24) is 9.62 Å². The van der Waals surface area contributed by atoms with Crippen LogP contribution in [0.3, 0.4) is 0 Å². The van der Waals surface area contributed by atoms with Crippen molar-refractivity contribution in [2.75, 3.05) is 30.8 Å². The molecule has 1 amide bonds. The molecule has 0 saturated carbocycles. The van der Waals surface area contributed by atoms with Crippen molar-refractivity contribution in [3.8, 4) is 0 Å². The molecule has 1 heterocycles. The van der Waals surface area contributed by atoms with E-state index in [9.17, 15) is 13.2 Å². The fourth-order valence-corrected chi connectivity index (χ4v) is 3.26. The summed E-state index contributed by atoms with van der Waals surface area (Å²) in [5.74, 6) is -0.259. The summed E-state index contributed by atoms with van der Waals surface area (Å²) in [5.41, 5.74) is 12.6. The lowest BCUT2D eigenvalue weighted by Gasteiger charge is -2.30. The average Bonchev–Trinajstić information content (AvgIpc) is 2.38. The lowest BCUT2D eigenvalue weighted by Crippen LogP contribution is -2.46. The predicted molar refractivity (Wildman–Crippen MR) is 82.2 cm³/mol. The number of carbonyl (C=O) groups excluding carboxylic acids is 1. The topological polar surface area (TPSA) is 119 Å². The standard InChI is InChI=1S/C13H20N4O3S/c1-21(19,20)17-6-4-10(5-7-17)16-13(18)11-3-2-9(14)8-12(11)15/h2-3,8,10H,4-7,14-15H2,1H3,(H,16,18). The Morgan fingerprint density at radius 3 is 2.43 bits per heavy atom. The largest absolute Gasteiger partial charge is 0.399 e. The Morgan fingerprint density at radius 1 is 1.29 bits per heavy atom. The third-order valence-corrected chi connectivity index (χ3v) is 4.88. The highest BCUT2D eigenvalue weighted by molar-refractivity contribution is 7.88. The third-order valence-electron chi connectivity index (χ3n) is 3.58. The van der Waals surface area contributed by atoms with Crippen molar-refractivity contribution in [2.24, 2.45) is 0 Å². The van der Waals surface area contributed by atoms with Gasteiger partial charge in [-0.2, -0.15) is 0 Å². The molecule has 116 valence electrons. The number of nitrogens with two attached hydrogens (primary N) is 2. The van der Waals surface area contributed by atoms with Crippen LogP contribution in [-0.2, 0) is 10.0 Å². The Labute approximate surface area is 124 Å². The smallest absolute Gasteiger partial charge is 0.253 e. The number of amides is 1. The predicted octanol–water partition coefficient (Wildman–Crippen LogP) is 0.00480. The number of hydrogen-bond donors (Lipinski definition) is 3. The van der Waals surface area contributed by atoms with Crippen LogP contribution < -0.4 is 16.8 Å². The van der Waals surface area contributed by atoms with E-state index in [1.807, 2.05) is 0 Å². The van der Waals surface area contributed by atoms with Gasteiger partial charge in [0.25, 0.3) is 5.91 Å². The summed E-state index contributed by atoms with van der Waals surface area (Å²) in [7, 11) is -3.15. The lowest BCUT2D eigenvalue weighted by molar-refractivity contribution is 0.0925. The molecule has 1 fully saturated rings. The molecule has 1 saturated heterocycles. The second-order valence-corrected chi connectivity index (χ2v) is 7.24. The first kappa shape index (κ1) is 15.6. The van der Waals surface area contributed by atoms with Crippen LogP contribution in [0.1, 0.15) is 23.2 Å². The van der Waals surface area contributed by atoms with Gasteiger partial charge in [0.1, 0.15) is 0 Å². The van der Waals surface area contributed by atoms with Crippen molar-refractivity contribution in [3.63, 3.8) is 0 Å². The number of sulfonamides is 1. The number of rotatable bonds is 3. The van der Waals surface area contributed by atoms with E-state index < -0.39 is 10.0 Å². The minimum absolute atomic E-state index is 0.0487. The van der Waals surface area contributed by atoms with E-state index >= 15 is 0 Å². The van der Waals surface area contributed by atoms with Crippen LogP contribution in [0.4, 0.5) is 11.4 Å². The summed E-state index contributed by atoms with van der Waals surface area (Å²) < 4.78 is 24.3. The molecule has 5 N–H and O–H groups in total. The van der Waals surface area contributed by atoms with Gasteiger partial charge < -0.3 is 16.8 Å². The zero-order chi connectivity index (χ0) is 15.6. The van der Waals surface area contributed by atoms with Gasteiger partial charge in [0, 0.05) is 30.5 Å². The Morgan fingerprint density at radius 2 is 1.90 bits per heavy atom. The minimum atomic E-state index is -3.15. The van der Waals surface area contributed by atoms with Gasteiger partial charge in [-0.3, -0.25) is 4.79 Å². The van der Waals surface area contributed by atoms with Gasteiger partial charge in [0.05, 0.1) is 11.8 Å². The van der Waals surface area contributed by atoms with Gasteiger partial charge in [0.2, 0.25) is 10.0 Å². The molecule has 0 atom stereocenters. The number of benzene rings is 1. The van der Waals surface area contributed by atoms with Gasteiger partial charge >= 0.3 is 0 Å². The van der Waals surface area contributed by atoms with Crippen LogP contribution >= 0.6 is 0 Å². The highest BCUT2D eigenvalue weighted by atomic mass is 32.2. The number of piperidine rings is 1. The molecule has 2 rings (SSSR count). The second-order valence-electron chi connectivity index (χ2n) is 5.26. The number of nitrogens with one attached hydrogen (secondary N) is 1. The van der Waals surface area contributed by atoms with Crippen molar-refractivity contribution >= 4 is 27.3 Å². The van der Waals surface area contributed by atoms with E-state index in [0.717, 1.165) is 0 Å². The normalized spacial score (nSPS) is 17.6. The number of anilines is 2. The molecule has 1 aromatic rings. The highest BCUT2D eigenvalue weighted by Gasteiger charge is 2.26. The zero-order valence-corrected chi connectivity index (χ0v) is 12.7. The van der Waals surface area contributed by atoms with Crippen molar-refractivity contribution < 1.29 is 13.2 Å². The zero-order valence-electron chi connectivity index (χ0n) is 11.9. The molecule has 0 radical (unpaired) electrons. The maximum Gasteiger partial charge on any atom is 0.253 e. The van der Waals surface area contributed by atoms with Crippen LogP contribution in [0.15, 0.2) is 18.2 Å². The Balaban J connectivity index is 1.96. The first-order chi connectivity index (χ1) is 9.77. The SMILES string of the molecule is CS(=O)(=O)N1CCC(NC(=O)c2ccc(N)cc2N)CC1. The van der Waals surface area contributed by atoms with Gasteiger partial charge in [-0.1, -0.05) is 0 Å². The first-order valence-electron chi connectivity index (χ1n) is 6.68. The van der Waals surface area contributed by atoms with E-state index in [1.54, 1.807) is 18.2 Å². The second kappa shape index (κ2) is 5.90.